The van der Waals surface area contributed by atoms with Crippen molar-refractivity contribution in [3.05, 3.63) is 59.7 Å². The lowest BCUT2D eigenvalue weighted by Crippen LogP contribution is -2.36. The number of rotatable bonds is 4. The summed E-state index contributed by atoms with van der Waals surface area (Å²) in [6, 6.07) is 15.8. The Hall–Kier alpha value is -2.33. The van der Waals surface area contributed by atoms with Gasteiger partial charge in [0.05, 0.1) is 13.2 Å². The van der Waals surface area contributed by atoms with Crippen LogP contribution in [0.15, 0.2) is 48.5 Å². The number of ether oxygens (including phenoxy) is 1. The summed E-state index contributed by atoms with van der Waals surface area (Å²) < 4.78 is 5.37. The predicted molar refractivity (Wildman–Crippen MR) is 98.0 cm³/mol. The van der Waals surface area contributed by atoms with E-state index in [1.807, 2.05) is 36.4 Å². The van der Waals surface area contributed by atoms with Gasteiger partial charge in [-0.3, -0.25) is 4.79 Å². The van der Waals surface area contributed by atoms with E-state index in [0.29, 0.717) is 11.5 Å². The molecule has 2 aromatic carbocycles. The van der Waals surface area contributed by atoms with Crippen molar-refractivity contribution in [1.82, 2.24) is 0 Å². The maximum absolute atomic E-state index is 12.4. The Morgan fingerprint density at radius 3 is 2.21 bits per heavy atom. The molecule has 4 nitrogen and oxygen atoms in total. The average Bonchev–Trinajstić information content (AvgIpc) is 2.63. The number of benzene rings is 2. The van der Waals surface area contributed by atoms with Crippen LogP contribution in [0.5, 0.6) is 0 Å². The SMILES string of the molecule is CC(C)c1ccc(NC(=O)c2ccc(N3CCOCC3)cc2)cc1. The van der Waals surface area contributed by atoms with Gasteiger partial charge in [0, 0.05) is 30.0 Å². The van der Waals surface area contributed by atoms with Gasteiger partial charge >= 0.3 is 0 Å². The third-order valence-electron chi connectivity index (χ3n) is 4.34. The third-order valence-corrected chi connectivity index (χ3v) is 4.34. The van der Waals surface area contributed by atoms with Gasteiger partial charge in [-0.25, -0.2) is 0 Å². The Bertz CT molecular complexity index is 672. The largest absolute Gasteiger partial charge is 0.378 e. The van der Waals surface area contributed by atoms with Crippen molar-refractivity contribution in [1.29, 1.82) is 0 Å². The van der Waals surface area contributed by atoms with Crippen LogP contribution in [-0.2, 0) is 4.74 Å². The number of hydrogen-bond acceptors (Lipinski definition) is 3. The van der Waals surface area contributed by atoms with Gasteiger partial charge < -0.3 is 15.0 Å². The Labute approximate surface area is 143 Å². The number of carbonyl (C=O) groups is 1. The van der Waals surface area contributed by atoms with E-state index in [2.05, 4.69) is 36.2 Å². The van der Waals surface area contributed by atoms with Gasteiger partial charge in [-0.1, -0.05) is 26.0 Å². The van der Waals surface area contributed by atoms with Crippen LogP contribution in [0, 0.1) is 0 Å². The van der Waals surface area contributed by atoms with E-state index in [1.165, 1.54) is 5.56 Å². The molecule has 3 rings (SSSR count). The first-order valence-corrected chi connectivity index (χ1v) is 8.47. The average molecular weight is 324 g/mol. The third kappa shape index (κ3) is 3.95. The first-order valence-electron chi connectivity index (χ1n) is 8.47. The van der Waals surface area contributed by atoms with Gasteiger partial charge in [0.15, 0.2) is 0 Å². The molecule has 0 radical (unpaired) electrons. The van der Waals surface area contributed by atoms with Gasteiger partial charge in [0.1, 0.15) is 0 Å². The second-order valence-corrected chi connectivity index (χ2v) is 6.38. The standard InChI is InChI=1S/C20H24N2O2/c1-15(2)16-3-7-18(8-4-16)21-20(23)17-5-9-19(10-6-17)22-11-13-24-14-12-22/h3-10,15H,11-14H2,1-2H3,(H,21,23). The summed E-state index contributed by atoms with van der Waals surface area (Å²) >= 11 is 0. The molecule has 0 bridgehead atoms. The lowest BCUT2D eigenvalue weighted by molar-refractivity contribution is 0.102. The number of nitrogens with one attached hydrogen (secondary N) is 1. The summed E-state index contributed by atoms with van der Waals surface area (Å²) in [4.78, 5) is 14.6. The number of hydrogen-bond donors (Lipinski definition) is 1. The van der Waals surface area contributed by atoms with Gasteiger partial charge in [-0.15, -0.1) is 0 Å². The maximum atomic E-state index is 12.4. The molecule has 1 aliphatic rings. The van der Waals surface area contributed by atoms with Crippen molar-refractivity contribution < 1.29 is 9.53 Å². The fourth-order valence-electron chi connectivity index (χ4n) is 2.80. The minimum atomic E-state index is -0.0826. The molecule has 0 saturated carbocycles. The Morgan fingerprint density at radius 1 is 1.00 bits per heavy atom. The zero-order valence-electron chi connectivity index (χ0n) is 14.3. The lowest BCUT2D eigenvalue weighted by Gasteiger charge is -2.28. The molecule has 1 amide bonds. The predicted octanol–water partition coefficient (Wildman–Crippen LogP) is 3.90. The van der Waals surface area contributed by atoms with E-state index >= 15 is 0 Å². The van der Waals surface area contributed by atoms with Crippen LogP contribution < -0.4 is 10.2 Å². The van der Waals surface area contributed by atoms with Crippen LogP contribution in [0.1, 0.15) is 35.7 Å². The van der Waals surface area contributed by atoms with Gasteiger partial charge in [0.2, 0.25) is 0 Å². The number of anilines is 2. The lowest BCUT2D eigenvalue weighted by atomic mass is 10.0. The van der Waals surface area contributed by atoms with Crippen molar-refractivity contribution in [3.63, 3.8) is 0 Å². The van der Waals surface area contributed by atoms with Crippen molar-refractivity contribution in [2.24, 2.45) is 0 Å². The van der Waals surface area contributed by atoms with Crippen LogP contribution >= 0.6 is 0 Å². The van der Waals surface area contributed by atoms with Crippen LogP contribution in [0.3, 0.4) is 0 Å². The molecule has 0 spiro atoms. The second-order valence-electron chi connectivity index (χ2n) is 6.38. The Balaban J connectivity index is 1.64. The summed E-state index contributed by atoms with van der Waals surface area (Å²) in [5.74, 6) is 0.406. The zero-order valence-corrected chi connectivity index (χ0v) is 14.3. The molecule has 1 N–H and O–H groups in total. The number of nitrogens with zero attached hydrogens (tertiary/aromatic N) is 1. The van der Waals surface area contributed by atoms with E-state index in [0.717, 1.165) is 37.7 Å². The van der Waals surface area contributed by atoms with E-state index in [-0.39, 0.29) is 5.91 Å². The number of amides is 1. The number of morpholine rings is 1. The van der Waals surface area contributed by atoms with Gasteiger partial charge in [-0.2, -0.15) is 0 Å². The summed E-state index contributed by atoms with van der Waals surface area (Å²) in [5, 5.41) is 2.95. The molecular formula is C20H24N2O2. The fourth-order valence-corrected chi connectivity index (χ4v) is 2.80. The molecule has 1 heterocycles. The highest BCUT2D eigenvalue weighted by Crippen LogP contribution is 2.19. The van der Waals surface area contributed by atoms with Gasteiger partial charge in [0.25, 0.3) is 5.91 Å². The molecule has 1 aliphatic heterocycles. The topological polar surface area (TPSA) is 41.6 Å². The summed E-state index contributed by atoms with van der Waals surface area (Å²) in [6.45, 7) is 7.62. The molecule has 2 aromatic rings. The Morgan fingerprint density at radius 2 is 1.62 bits per heavy atom. The van der Waals surface area contributed by atoms with Crippen molar-refractivity contribution in [2.45, 2.75) is 19.8 Å². The highest BCUT2D eigenvalue weighted by Gasteiger charge is 2.12. The van der Waals surface area contributed by atoms with E-state index in [4.69, 9.17) is 4.74 Å². The first-order chi connectivity index (χ1) is 11.6. The minimum absolute atomic E-state index is 0.0826. The zero-order chi connectivity index (χ0) is 16.9. The van der Waals surface area contributed by atoms with Crippen molar-refractivity contribution >= 4 is 17.3 Å². The smallest absolute Gasteiger partial charge is 0.255 e. The molecule has 4 heteroatoms. The van der Waals surface area contributed by atoms with E-state index in [1.54, 1.807) is 0 Å². The highest BCUT2D eigenvalue weighted by atomic mass is 16.5. The molecule has 0 aliphatic carbocycles. The fraction of sp³-hybridized carbons (Fsp3) is 0.350. The summed E-state index contributed by atoms with van der Waals surface area (Å²) in [6.07, 6.45) is 0. The summed E-state index contributed by atoms with van der Waals surface area (Å²) in [5.41, 5.74) is 3.89. The van der Waals surface area contributed by atoms with E-state index < -0.39 is 0 Å². The summed E-state index contributed by atoms with van der Waals surface area (Å²) in [7, 11) is 0. The van der Waals surface area contributed by atoms with Crippen molar-refractivity contribution in [2.75, 3.05) is 36.5 Å². The molecule has 1 fully saturated rings. The second kappa shape index (κ2) is 7.49. The first kappa shape index (κ1) is 16.5. The van der Waals surface area contributed by atoms with E-state index in [9.17, 15) is 4.79 Å². The monoisotopic (exact) mass is 324 g/mol. The van der Waals surface area contributed by atoms with Gasteiger partial charge in [-0.05, 0) is 47.9 Å². The van der Waals surface area contributed by atoms with Crippen LogP contribution in [-0.4, -0.2) is 32.2 Å². The maximum Gasteiger partial charge on any atom is 0.255 e. The van der Waals surface area contributed by atoms with Crippen LogP contribution in [0.2, 0.25) is 0 Å². The quantitative estimate of drug-likeness (QED) is 0.927. The molecular weight excluding hydrogens is 300 g/mol. The normalized spacial score (nSPS) is 14.7. The Kier molecular flexibility index (Phi) is 5.16. The molecule has 0 unspecified atom stereocenters. The van der Waals surface area contributed by atoms with Crippen LogP contribution in [0.4, 0.5) is 11.4 Å². The molecule has 0 aromatic heterocycles. The van der Waals surface area contributed by atoms with Crippen LogP contribution in [0.25, 0.3) is 0 Å². The van der Waals surface area contributed by atoms with Crippen molar-refractivity contribution in [3.8, 4) is 0 Å². The highest BCUT2D eigenvalue weighted by molar-refractivity contribution is 6.04. The molecule has 126 valence electrons. The molecule has 1 saturated heterocycles. The molecule has 24 heavy (non-hydrogen) atoms. The molecule has 0 atom stereocenters. The minimum Gasteiger partial charge on any atom is -0.378 e. The number of carbonyl (C=O) groups excluding carboxylic acids is 1.